The van der Waals surface area contributed by atoms with Crippen molar-refractivity contribution in [3.05, 3.63) is 41.6 Å². The van der Waals surface area contributed by atoms with Crippen molar-refractivity contribution in [3.8, 4) is 5.75 Å². The van der Waals surface area contributed by atoms with Gasteiger partial charge in [0.05, 0.1) is 5.69 Å². The van der Waals surface area contributed by atoms with Gasteiger partial charge in [0.25, 0.3) is 11.8 Å². The molecule has 1 aliphatic heterocycles. The fourth-order valence-electron chi connectivity index (χ4n) is 3.24. The van der Waals surface area contributed by atoms with Crippen LogP contribution in [0.5, 0.6) is 5.75 Å². The molecule has 0 aliphatic carbocycles. The van der Waals surface area contributed by atoms with E-state index in [0.29, 0.717) is 24.6 Å². The fourth-order valence-corrected chi connectivity index (χ4v) is 3.24. The van der Waals surface area contributed by atoms with Gasteiger partial charge in [-0.25, -0.2) is 0 Å². The van der Waals surface area contributed by atoms with E-state index in [-0.39, 0.29) is 18.4 Å². The number of carbonyl (C=O) groups excluding carboxylic acids is 2. The van der Waals surface area contributed by atoms with Gasteiger partial charge in [-0.05, 0) is 37.0 Å². The highest BCUT2D eigenvalue weighted by molar-refractivity contribution is 6.00. The second-order valence-corrected chi connectivity index (χ2v) is 7.18. The Kier molecular flexibility index (Phi) is 5.48. The summed E-state index contributed by atoms with van der Waals surface area (Å²) in [4.78, 5) is 26.5. The predicted molar refractivity (Wildman–Crippen MR) is 103 cm³/mol. The highest BCUT2D eigenvalue weighted by Crippen LogP contribution is 2.22. The number of nitrogens with one attached hydrogen (secondary N) is 1. The van der Waals surface area contributed by atoms with Crippen LogP contribution in [0.1, 0.15) is 37.4 Å². The van der Waals surface area contributed by atoms with E-state index in [2.05, 4.69) is 24.3 Å². The molecule has 1 N–H and O–H groups in total. The molecule has 1 fully saturated rings. The van der Waals surface area contributed by atoms with Crippen LogP contribution < -0.4 is 15.0 Å². The number of rotatable bonds is 6. The lowest BCUT2D eigenvalue weighted by molar-refractivity contribution is -0.127. The summed E-state index contributed by atoms with van der Waals surface area (Å²) >= 11 is 0. The van der Waals surface area contributed by atoms with Gasteiger partial charge in [0, 0.05) is 19.7 Å². The van der Waals surface area contributed by atoms with E-state index in [1.807, 2.05) is 37.3 Å². The zero-order valence-electron chi connectivity index (χ0n) is 16.2. The van der Waals surface area contributed by atoms with Crippen LogP contribution in [0, 0.1) is 6.92 Å². The molecule has 0 bridgehead atoms. The minimum atomic E-state index is -0.529. The van der Waals surface area contributed by atoms with Gasteiger partial charge in [-0.2, -0.15) is 5.10 Å². The summed E-state index contributed by atoms with van der Waals surface area (Å²) in [5.74, 6) is 1.37. The van der Waals surface area contributed by atoms with Crippen LogP contribution in [-0.4, -0.2) is 40.8 Å². The molecule has 1 aromatic heterocycles. The van der Waals surface area contributed by atoms with Crippen LogP contribution in [0.2, 0.25) is 0 Å². The third kappa shape index (κ3) is 4.30. The zero-order chi connectivity index (χ0) is 19.6. The van der Waals surface area contributed by atoms with E-state index >= 15 is 0 Å². The monoisotopic (exact) mass is 370 g/mol. The van der Waals surface area contributed by atoms with Gasteiger partial charge in [0.15, 0.2) is 6.61 Å². The molecule has 1 saturated heterocycles. The van der Waals surface area contributed by atoms with E-state index in [4.69, 9.17) is 4.74 Å². The highest BCUT2D eigenvalue weighted by atomic mass is 16.5. The van der Waals surface area contributed by atoms with Gasteiger partial charge < -0.3 is 10.1 Å². The molecule has 2 aromatic rings. The molecule has 0 saturated carbocycles. The molecular weight excluding hydrogens is 344 g/mol. The molecule has 3 rings (SSSR count). The average Bonchev–Trinajstić information content (AvgIpc) is 3.15. The van der Waals surface area contributed by atoms with Gasteiger partial charge >= 0.3 is 0 Å². The zero-order valence-corrected chi connectivity index (χ0v) is 16.2. The van der Waals surface area contributed by atoms with Gasteiger partial charge in [0.1, 0.15) is 17.6 Å². The lowest BCUT2D eigenvalue weighted by Crippen LogP contribution is -2.43. The van der Waals surface area contributed by atoms with E-state index < -0.39 is 6.04 Å². The lowest BCUT2D eigenvalue weighted by Gasteiger charge is -2.17. The third-order valence-electron chi connectivity index (χ3n) is 4.69. The minimum Gasteiger partial charge on any atom is -0.484 e. The molecule has 7 heteroatoms. The summed E-state index contributed by atoms with van der Waals surface area (Å²) in [5.41, 5.74) is 2.01. The summed E-state index contributed by atoms with van der Waals surface area (Å²) in [6.07, 6.45) is 0.567. The van der Waals surface area contributed by atoms with Gasteiger partial charge in [0.2, 0.25) is 0 Å². The van der Waals surface area contributed by atoms with Crippen molar-refractivity contribution in [2.45, 2.75) is 39.2 Å². The molecule has 0 spiro atoms. The summed E-state index contributed by atoms with van der Waals surface area (Å²) in [6, 6.07) is 9.04. The minimum absolute atomic E-state index is 0.115. The molecule has 144 valence electrons. The number of ether oxygens (including phenoxy) is 1. The molecule has 1 unspecified atom stereocenters. The quantitative estimate of drug-likeness (QED) is 0.845. The molecule has 1 atom stereocenters. The van der Waals surface area contributed by atoms with Crippen molar-refractivity contribution >= 4 is 17.6 Å². The molecule has 2 heterocycles. The molecule has 7 nitrogen and oxygen atoms in total. The maximum atomic E-state index is 12.6. The largest absolute Gasteiger partial charge is 0.484 e. The van der Waals surface area contributed by atoms with Crippen LogP contribution in [0.3, 0.4) is 0 Å². The van der Waals surface area contributed by atoms with Gasteiger partial charge in [-0.3, -0.25) is 19.2 Å². The van der Waals surface area contributed by atoms with Crippen LogP contribution >= 0.6 is 0 Å². The van der Waals surface area contributed by atoms with E-state index in [1.54, 1.807) is 16.6 Å². The number of benzene rings is 1. The van der Waals surface area contributed by atoms with Gasteiger partial charge in [-0.15, -0.1) is 0 Å². The first-order valence-corrected chi connectivity index (χ1v) is 9.19. The fraction of sp³-hybridized carbons (Fsp3) is 0.450. The number of aromatic nitrogens is 2. The summed E-state index contributed by atoms with van der Waals surface area (Å²) in [6.45, 7) is 6.53. The summed E-state index contributed by atoms with van der Waals surface area (Å²) in [5, 5.41) is 7.05. The van der Waals surface area contributed by atoms with E-state index in [9.17, 15) is 9.59 Å². The smallest absolute Gasteiger partial charge is 0.258 e. The maximum absolute atomic E-state index is 12.6. The van der Waals surface area contributed by atoms with E-state index in [1.165, 1.54) is 0 Å². The maximum Gasteiger partial charge on any atom is 0.258 e. The Hall–Kier alpha value is -2.83. The SMILES string of the molecule is Cc1cc(N2CCC(NC(=O)COc3cccc(C(C)C)c3)C2=O)n(C)n1. The first-order valence-electron chi connectivity index (χ1n) is 9.19. The Labute approximate surface area is 159 Å². The molecule has 2 amide bonds. The number of anilines is 1. The standard InChI is InChI=1S/C20H26N4O3/c1-13(2)15-6-5-7-16(11-15)27-12-18(25)21-17-8-9-24(20(17)26)19-10-14(3)22-23(19)4/h5-7,10-11,13,17H,8-9,12H2,1-4H3,(H,21,25). The molecular formula is C20H26N4O3. The van der Waals surface area contributed by atoms with Crippen molar-refractivity contribution < 1.29 is 14.3 Å². The molecule has 1 aromatic carbocycles. The van der Waals surface area contributed by atoms with Crippen molar-refractivity contribution in [2.75, 3.05) is 18.1 Å². The van der Waals surface area contributed by atoms with Crippen LogP contribution in [0.4, 0.5) is 5.82 Å². The Morgan fingerprint density at radius 2 is 2.15 bits per heavy atom. The Morgan fingerprint density at radius 1 is 1.37 bits per heavy atom. The van der Waals surface area contributed by atoms with Crippen molar-refractivity contribution in [3.63, 3.8) is 0 Å². The first-order chi connectivity index (χ1) is 12.8. The van der Waals surface area contributed by atoms with Crippen molar-refractivity contribution in [2.24, 2.45) is 7.05 Å². The average molecular weight is 370 g/mol. The Morgan fingerprint density at radius 3 is 2.81 bits per heavy atom. The van der Waals surface area contributed by atoms with Crippen LogP contribution in [-0.2, 0) is 16.6 Å². The summed E-state index contributed by atoms with van der Waals surface area (Å²) in [7, 11) is 1.81. The number of hydrogen-bond donors (Lipinski definition) is 1. The third-order valence-corrected chi connectivity index (χ3v) is 4.69. The molecule has 27 heavy (non-hydrogen) atoms. The lowest BCUT2D eigenvalue weighted by atomic mass is 10.0. The highest BCUT2D eigenvalue weighted by Gasteiger charge is 2.35. The van der Waals surface area contributed by atoms with Crippen molar-refractivity contribution in [1.82, 2.24) is 15.1 Å². The first kappa shape index (κ1) is 18.9. The van der Waals surface area contributed by atoms with Crippen LogP contribution in [0.15, 0.2) is 30.3 Å². The normalized spacial score (nSPS) is 16.9. The predicted octanol–water partition coefficient (Wildman–Crippen LogP) is 2.15. The Balaban J connectivity index is 1.55. The Bertz CT molecular complexity index is 844. The van der Waals surface area contributed by atoms with Crippen LogP contribution in [0.25, 0.3) is 0 Å². The number of hydrogen-bond acceptors (Lipinski definition) is 4. The van der Waals surface area contributed by atoms with Crippen molar-refractivity contribution in [1.29, 1.82) is 0 Å². The number of nitrogens with zero attached hydrogens (tertiary/aromatic N) is 3. The second-order valence-electron chi connectivity index (χ2n) is 7.18. The number of carbonyl (C=O) groups is 2. The molecule has 1 aliphatic rings. The number of amides is 2. The van der Waals surface area contributed by atoms with E-state index in [0.717, 1.165) is 17.1 Å². The second kappa shape index (κ2) is 7.82. The van der Waals surface area contributed by atoms with Gasteiger partial charge in [-0.1, -0.05) is 26.0 Å². The number of aryl methyl sites for hydroxylation is 2. The summed E-state index contributed by atoms with van der Waals surface area (Å²) < 4.78 is 7.27. The molecule has 0 radical (unpaired) electrons. The topological polar surface area (TPSA) is 76.5 Å².